The Balaban J connectivity index is 2.07. The minimum Gasteiger partial charge on any atom is -0.166 e. The van der Waals surface area contributed by atoms with Gasteiger partial charge >= 0.3 is 6.18 Å². The van der Waals surface area contributed by atoms with Crippen molar-refractivity contribution in [3.05, 3.63) is 69.2 Å². The molecule has 0 saturated carbocycles. The summed E-state index contributed by atoms with van der Waals surface area (Å²) in [6.45, 7) is 10.8. The molecule has 0 heterocycles. The Kier molecular flexibility index (Phi) is 7.02. The monoisotopic (exact) mass is 396 g/mol. The fourth-order valence-corrected chi connectivity index (χ4v) is 3.88. The summed E-state index contributed by atoms with van der Waals surface area (Å²) in [5, 5.41) is 0.197. The standard InChI is InChI=1S/C23H28ClF3/c1-14(2)21-12-18(9-8-17(21)5)15(3)6-7-16(4)20-11-10-19(13-22(20)24)23(25,26)27/h8-16H,6-7H2,1-5H3. The molecule has 27 heavy (non-hydrogen) atoms. The van der Waals surface area contributed by atoms with Crippen LogP contribution in [0.4, 0.5) is 13.2 Å². The van der Waals surface area contributed by atoms with Crippen molar-refractivity contribution in [1.29, 1.82) is 0 Å². The molecule has 0 saturated heterocycles. The Hall–Kier alpha value is -1.48. The second kappa shape index (κ2) is 8.68. The van der Waals surface area contributed by atoms with Crippen LogP contribution in [0.3, 0.4) is 0 Å². The van der Waals surface area contributed by atoms with Gasteiger partial charge in [-0.25, -0.2) is 0 Å². The highest BCUT2D eigenvalue weighted by atomic mass is 35.5. The zero-order valence-corrected chi connectivity index (χ0v) is 17.4. The maximum Gasteiger partial charge on any atom is 0.416 e. The maximum atomic E-state index is 12.8. The lowest BCUT2D eigenvalue weighted by Gasteiger charge is -2.20. The van der Waals surface area contributed by atoms with Gasteiger partial charge in [-0.15, -0.1) is 0 Å². The van der Waals surface area contributed by atoms with Gasteiger partial charge in [-0.05, 0) is 71.9 Å². The molecular weight excluding hydrogens is 369 g/mol. The molecular formula is C23H28ClF3. The van der Waals surface area contributed by atoms with Gasteiger partial charge in [0.25, 0.3) is 0 Å². The third kappa shape index (κ3) is 5.51. The number of aryl methyl sites for hydroxylation is 1. The van der Waals surface area contributed by atoms with Crippen molar-refractivity contribution in [2.75, 3.05) is 0 Å². The lowest BCUT2D eigenvalue weighted by atomic mass is 9.86. The van der Waals surface area contributed by atoms with Gasteiger partial charge in [-0.3, -0.25) is 0 Å². The minimum atomic E-state index is -4.36. The Morgan fingerprint density at radius 1 is 0.852 bits per heavy atom. The van der Waals surface area contributed by atoms with Crippen molar-refractivity contribution in [3.8, 4) is 0 Å². The first-order chi connectivity index (χ1) is 12.5. The summed E-state index contributed by atoms with van der Waals surface area (Å²) in [4.78, 5) is 0. The van der Waals surface area contributed by atoms with E-state index in [9.17, 15) is 13.2 Å². The van der Waals surface area contributed by atoms with E-state index in [4.69, 9.17) is 11.6 Å². The molecule has 0 spiro atoms. The molecule has 2 atom stereocenters. The van der Waals surface area contributed by atoms with Gasteiger partial charge in [0.05, 0.1) is 5.56 Å². The Labute approximate surface area is 165 Å². The van der Waals surface area contributed by atoms with Crippen LogP contribution in [0.1, 0.15) is 86.1 Å². The van der Waals surface area contributed by atoms with Crippen LogP contribution < -0.4 is 0 Å². The summed E-state index contributed by atoms with van der Waals surface area (Å²) < 4.78 is 38.4. The molecule has 0 radical (unpaired) electrons. The quantitative estimate of drug-likeness (QED) is 0.459. The first-order valence-corrected chi connectivity index (χ1v) is 9.85. The molecule has 0 aliphatic heterocycles. The predicted octanol–water partition coefficient (Wildman–Crippen LogP) is 8.48. The SMILES string of the molecule is Cc1ccc(C(C)CCC(C)c2ccc(C(F)(F)F)cc2Cl)cc1C(C)C. The molecule has 0 N–H and O–H groups in total. The molecule has 148 valence electrons. The van der Waals surface area contributed by atoms with E-state index in [1.165, 1.54) is 22.8 Å². The molecule has 0 amide bonds. The molecule has 4 heteroatoms. The molecule has 0 aliphatic rings. The molecule has 0 nitrogen and oxygen atoms in total. The fourth-order valence-electron chi connectivity index (χ4n) is 3.51. The van der Waals surface area contributed by atoms with E-state index >= 15 is 0 Å². The van der Waals surface area contributed by atoms with Crippen LogP contribution >= 0.6 is 11.6 Å². The van der Waals surface area contributed by atoms with Crippen molar-refractivity contribution in [3.63, 3.8) is 0 Å². The van der Waals surface area contributed by atoms with Crippen LogP contribution in [-0.2, 0) is 6.18 Å². The topological polar surface area (TPSA) is 0 Å². The van der Waals surface area contributed by atoms with Gasteiger partial charge in [0.2, 0.25) is 0 Å². The Morgan fingerprint density at radius 2 is 1.48 bits per heavy atom. The lowest BCUT2D eigenvalue weighted by Crippen LogP contribution is -2.06. The Morgan fingerprint density at radius 3 is 2.04 bits per heavy atom. The average molecular weight is 397 g/mol. The molecule has 0 aromatic heterocycles. The molecule has 0 bridgehead atoms. The summed E-state index contributed by atoms with van der Waals surface area (Å²) in [6, 6.07) is 10.3. The van der Waals surface area contributed by atoms with Crippen molar-refractivity contribution in [2.24, 2.45) is 0 Å². The summed E-state index contributed by atoms with van der Waals surface area (Å²) in [5.41, 5.74) is 4.08. The fraction of sp³-hybridized carbons (Fsp3) is 0.478. The molecule has 2 aromatic carbocycles. The van der Waals surface area contributed by atoms with Crippen LogP contribution in [-0.4, -0.2) is 0 Å². The second-order valence-electron chi connectivity index (χ2n) is 7.88. The van der Waals surface area contributed by atoms with Gasteiger partial charge in [-0.1, -0.05) is 63.6 Å². The van der Waals surface area contributed by atoms with Crippen molar-refractivity contribution < 1.29 is 13.2 Å². The molecule has 2 aromatic rings. The predicted molar refractivity (Wildman–Crippen MR) is 108 cm³/mol. The first-order valence-electron chi connectivity index (χ1n) is 9.47. The zero-order valence-electron chi connectivity index (χ0n) is 16.6. The zero-order chi connectivity index (χ0) is 20.4. The number of alkyl halides is 3. The van der Waals surface area contributed by atoms with E-state index in [-0.39, 0.29) is 10.9 Å². The van der Waals surface area contributed by atoms with Gasteiger partial charge in [0.15, 0.2) is 0 Å². The molecule has 0 aliphatic carbocycles. The highest BCUT2D eigenvalue weighted by molar-refractivity contribution is 6.31. The maximum absolute atomic E-state index is 12.8. The van der Waals surface area contributed by atoms with E-state index in [2.05, 4.69) is 45.9 Å². The highest BCUT2D eigenvalue weighted by Gasteiger charge is 2.31. The van der Waals surface area contributed by atoms with E-state index in [0.29, 0.717) is 11.8 Å². The van der Waals surface area contributed by atoms with Gasteiger partial charge in [0, 0.05) is 5.02 Å². The Bertz CT molecular complexity index is 778. The lowest BCUT2D eigenvalue weighted by molar-refractivity contribution is -0.137. The van der Waals surface area contributed by atoms with Crippen LogP contribution in [0.15, 0.2) is 36.4 Å². The van der Waals surface area contributed by atoms with E-state index in [1.807, 2.05) is 6.92 Å². The van der Waals surface area contributed by atoms with Crippen molar-refractivity contribution >= 4 is 11.6 Å². The smallest absolute Gasteiger partial charge is 0.166 e. The molecule has 0 fully saturated rings. The first kappa shape index (κ1) is 21.8. The van der Waals surface area contributed by atoms with Crippen molar-refractivity contribution in [1.82, 2.24) is 0 Å². The average Bonchev–Trinajstić information content (AvgIpc) is 2.58. The largest absolute Gasteiger partial charge is 0.416 e. The number of rotatable bonds is 6. The summed E-state index contributed by atoms with van der Waals surface area (Å²) in [5.74, 6) is 0.984. The van der Waals surface area contributed by atoms with Gasteiger partial charge in [0.1, 0.15) is 0 Å². The highest BCUT2D eigenvalue weighted by Crippen LogP contribution is 2.36. The van der Waals surface area contributed by atoms with Crippen LogP contribution in [0, 0.1) is 6.92 Å². The second-order valence-corrected chi connectivity index (χ2v) is 8.29. The number of halogens is 4. The minimum absolute atomic E-state index is 0.109. The summed E-state index contributed by atoms with van der Waals surface area (Å²) in [7, 11) is 0. The van der Waals surface area contributed by atoms with Gasteiger partial charge in [-0.2, -0.15) is 13.2 Å². The van der Waals surface area contributed by atoms with E-state index < -0.39 is 11.7 Å². The van der Waals surface area contributed by atoms with Crippen LogP contribution in [0.25, 0.3) is 0 Å². The molecule has 2 rings (SSSR count). The third-order valence-electron chi connectivity index (χ3n) is 5.39. The molecule has 2 unspecified atom stereocenters. The normalized spacial score (nSPS) is 14.4. The van der Waals surface area contributed by atoms with Gasteiger partial charge < -0.3 is 0 Å². The number of benzene rings is 2. The summed E-state index contributed by atoms with van der Waals surface area (Å²) in [6.07, 6.45) is -2.53. The number of hydrogen-bond donors (Lipinski definition) is 0. The van der Waals surface area contributed by atoms with Crippen LogP contribution in [0.5, 0.6) is 0 Å². The summed E-state index contributed by atoms with van der Waals surface area (Å²) >= 11 is 6.14. The van der Waals surface area contributed by atoms with Crippen LogP contribution in [0.2, 0.25) is 5.02 Å². The number of hydrogen-bond acceptors (Lipinski definition) is 0. The van der Waals surface area contributed by atoms with E-state index in [1.54, 1.807) is 0 Å². The third-order valence-corrected chi connectivity index (χ3v) is 5.71. The van der Waals surface area contributed by atoms with Crippen molar-refractivity contribution in [2.45, 2.75) is 71.4 Å². The van der Waals surface area contributed by atoms with E-state index in [0.717, 1.165) is 30.5 Å².